The van der Waals surface area contributed by atoms with Crippen molar-refractivity contribution in [2.75, 3.05) is 6.61 Å². The molecule has 0 spiro atoms. The number of aromatic nitrogens is 2. The van der Waals surface area contributed by atoms with Crippen LogP contribution < -0.4 is 10.3 Å². The Balaban J connectivity index is 1.57. The van der Waals surface area contributed by atoms with Crippen LogP contribution in [0, 0.1) is 0 Å². The summed E-state index contributed by atoms with van der Waals surface area (Å²) in [5.74, 6) is 0.858. The van der Waals surface area contributed by atoms with Gasteiger partial charge in [0.2, 0.25) is 0 Å². The minimum absolute atomic E-state index is 0.000120. The molecule has 0 bridgehead atoms. The van der Waals surface area contributed by atoms with Crippen molar-refractivity contribution in [1.82, 2.24) is 9.55 Å². The fraction of sp³-hybridized carbons (Fsp3) is 0.333. The van der Waals surface area contributed by atoms with Gasteiger partial charge < -0.3 is 4.74 Å². The van der Waals surface area contributed by atoms with Gasteiger partial charge in [-0.1, -0.05) is 45.0 Å². The summed E-state index contributed by atoms with van der Waals surface area (Å²) >= 11 is 0. The van der Waals surface area contributed by atoms with Crippen molar-refractivity contribution >= 4 is 10.9 Å². The fourth-order valence-corrected chi connectivity index (χ4v) is 2.74. The van der Waals surface area contributed by atoms with Crippen molar-refractivity contribution in [3.63, 3.8) is 0 Å². The smallest absolute Gasteiger partial charge is 0.261 e. The number of hydrogen-bond acceptors (Lipinski definition) is 3. The van der Waals surface area contributed by atoms with Gasteiger partial charge in [0, 0.05) is 6.54 Å². The highest BCUT2D eigenvalue weighted by Gasteiger charge is 2.12. The van der Waals surface area contributed by atoms with E-state index in [1.165, 1.54) is 5.56 Å². The van der Waals surface area contributed by atoms with Gasteiger partial charge in [-0.25, -0.2) is 4.98 Å². The lowest BCUT2D eigenvalue weighted by Gasteiger charge is -2.19. The molecule has 4 heteroatoms. The number of benzene rings is 2. The van der Waals surface area contributed by atoms with Gasteiger partial charge in [0.05, 0.1) is 23.8 Å². The lowest BCUT2D eigenvalue weighted by Crippen LogP contribution is -2.21. The maximum Gasteiger partial charge on any atom is 0.261 e. The van der Waals surface area contributed by atoms with E-state index in [4.69, 9.17) is 4.74 Å². The van der Waals surface area contributed by atoms with E-state index in [0.29, 0.717) is 18.5 Å². The van der Waals surface area contributed by atoms with Gasteiger partial charge in [0.15, 0.2) is 0 Å². The first-order valence-electron chi connectivity index (χ1n) is 8.63. The van der Waals surface area contributed by atoms with E-state index >= 15 is 0 Å². The number of para-hydroxylation sites is 1. The molecule has 0 amide bonds. The molecule has 0 radical (unpaired) electrons. The first-order chi connectivity index (χ1) is 11.9. The van der Waals surface area contributed by atoms with Crippen LogP contribution in [0.15, 0.2) is 59.7 Å². The normalized spacial score (nSPS) is 11.6. The molecule has 130 valence electrons. The van der Waals surface area contributed by atoms with E-state index in [9.17, 15) is 4.79 Å². The van der Waals surface area contributed by atoms with E-state index in [1.54, 1.807) is 10.9 Å². The van der Waals surface area contributed by atoms with Crippen LogP contribution in [-0.4, -0.2) is 16.2 Å². The summed E-state index contributed by atoms with van der Waals surface area (Å²) in [4.78, 5) is 16.7. The van der Waals surface area contributed by atoms with E-state index < -0.39 is 0 Å². The summed E-state index contributed by atoms with van der Waals surface area (Å²) in [5, 5.41) is 0.656. The zero-order valence-electron chi connectivity index (χ0n) is 15.0. The molecular weight excluding hydrogens is 312 g/mol. The number of fused-ring (bicyclic) bond motifs is 1. The second-order valence-corrected chi connectivity index (χ2v) is 7.24. The molecule has 0 saturated heterocycles. The van der Waals surface area contributed by atoms with Crippen LogP contribution >= 0.6 is 0 Å². The van der Waals surface area contributed by atoms with Crippen molar-refractivity contribution in [1.29, 1.82) is 0 Å². The molecule has 4 nitrogen and oxygen atoms in total. The van der Waals surface area contributed by atoms with E-state index in [1.807, 2.05) is 36.4 Å². The number of ether oxygens (including phenoxy) is 1. The van der Waals surface area contributed by atoms with E-state index in [-0.39, 0.29) is 11.0 Å². The molecule has 3 rings (SSSR count). The summed E-state index contributed by atoms with van der Waals surface area (Å²) in [6.45, 7) is 7.74. The summed E-state index contributed by atoms with van der Waals surface area (Å²) in [6, 6.07) is 15.6. The highest BCUT2D eigenvalue weighted by molar-refractivity contribution is 5.76. The largest absolute Gasteiger partial charge is 0.494 e. The molecule has 0 N–H and O–H groups in total. The van der Waals surface area contributed by atoms with Crippen LogP contribution in [0.1, 0.15) is 32.8 Å². The highest BCUT2D eigenvalue weighted by Crippen LogP contribution is 2.24. The number of nitrogens with zero attached hydrogens (tertiary/aromatic N) is 2. The molecule has 2 aromatic carbocycles. The summed E-state index contributed by atoms with van der Waals surface area (Å²) in [7, 11) is 0. The molecule has 0 aliphatic rings. The first kappa shape index (κ1) is 17.2. The van der Waals surface area contributed by atoms with Gasteiger partial charge in [0.25, 0.3) is 5.56 Å². The van der Waals surface area contributed by atoms with Crippen molar-refractivity contribution in [3.8, 4) is 5.75 Å². The fourth-order valence-electron chi connectivity index (χ4n) is 2.74. The Morgan fingerprint density at radius 1 is 1.04 bits per heavy atom. The van der Waals surface area contributed by atoms with Gasteiger partial charge >= 0.3 is 0 Å². The third kappa shape index (κ3) is 4.08. The second kappa shape index (κ2) is 7.09. The summed E-state index contributed by atoms with van der Waals surface area (Å²) in [6.07, 6.45) is 2.36. The molecule has 0 unspecified atom stereocenters. The second-order valence-electron chi connectivity index (χ2n) is 7.24. The standard InChI is InChI=1S/C21H24N2O2/c1-21(2,3)16-9-11-17(12-10-16)25-14-6-13-23-15-22-19-8-5-4-7-18(19)20(23)24/h4-5,7-12,15H,6,13-14H2,1-3H3. The topological polar surface area (TPSA) is 44.1 Å². The molecular formula is C21H24N2O2. The van der Waals surface area contributed by atoms with Crippen LogP contribution in [-0.2, 0) is 12.0 Å². The van der Waals surface area contributed by atoms with Crippen LogP contribution in [0.5, 0.6) is 5.75 Å². The van der Waals surface area contributed by atoms with Crippen molar-refractivity contribution in [2.45, 2.75) is 39.2 Å². The molecule has 0 aliphatic heterocycles. The third-order valence-electron chi connectivity index (χ3n) is 4.26. The highest BCUT2D eigenvalue weighted by atomic mass is 16.5. The number of rotatable bonds is 5. The average molecular weight is 336 g/mol. The Kier molecular flexibility index (Phi) is 4.88. The maximum absolute atomic E-state index is 12.4. The monoisotopic (exact) mass is 336 g/mol. The van der Waals surface area contributed by atoms with Gasteiger partial charge in [0.1, 0.15) is 5.75 Å². The molecule has 0 aliphatic carbocycles. The molecule has 3 aromatic rings. The van der Waals surface area contributed by atoms with Crippen molar-refractivity contribution in [3.05, 3.63) is 70.8 Å². The summed E-state index contributed by atoms with van der Waals surface area (Å²) in [5.41, 5.74) is 2.16. The minimum Gasteiger partial charge on any atom is -0.494 e. The Labute approximate surface area is 148 Å². The van der Waals surface area contributed by atoms with Crippen molar-refractivity contribution in [2.24, 2.45) is 0 Å². The van der Waals surface area contributed by atoms with Crippen LogP contribution in [0.3, 0.4) is 0 Å². The van der Waals surface area contributed by atoms with E-state index in [0.717, 1.165) is 17.7 Å². The number of hydrogen-bond donors (Lipinski definition) is 0. The number of aryl methyl sites for hydroxylation is 1. The van der Waals surface area contributed by atoms with E-state index in [2.05, 4.69) is 37.9 Å². The Bertz CT molecular complexity index is 906. The zero-order valence-corrected chi connectivity index (χ0v) is 15.0. The lowest BCUT2D eigenvalue weighted by molar-refractivity contribution is 0.300. The van der Waals surface area contributed by atoms with Gasteiger partial charge in [-0.05, 0) is 41.7 Å². The Morgan fingerprint density at radius 3 is 2.48 bits per heavy atom. The molecule has 0 fully saturated rings. The van der Waals surface area contributed by atoms with Gasteiger partial charge in [-0.15, -0.1) is 0 Å². The Hall–Kier alpha value is -2.62. The van der Waals surface area contributed by atoms with Crippen LogP contribution in [0.2, 0.25) is 0 Å². The van der Waals surface area contributed by atoms with Crippen LogP contribution in [0.25, 0.3) is 10.9 Å². The average Bonchev–Trinajstić information content (AvgIpc) is 2.60. The van der Waals surface area contributed by atoms with Crippen molar-refractivity contribution < 1.29 is 4.74 Å². The predicted octanol–water partition coefficient (Wildman–Crippen LogP) is 4.16. The Morgan fingerprint density at radius 2 is 1.76 bits per heavy atom. The molecule has 0 saturated carbocycles. The quantitative estimate of drug-likeness (QED) is 0.657. The zero-order chi connectivity index (χ0) is 17.9. The van der Waals surface area contributed by atoms with Crippen LogP contribution in [0.4, 0.5) is 0 Å². The minimum atomic E-state index is 0.000120. The third-order valence-corrected chi connectivity index (χ3v) is 4.26. The van der Waals surface area contributed by atoms with Gasteiger partial charge in [-0.3, -0.25) is 9.36 Å². The first-order valence-corrected chi connectivity index (χ1v) is 8.63. The SMILES string of the molecule is CC(C)(C)c1ccc(OCCCn2cnc3ccccc3c2=O)cc1. The molecule has 1 heterocycles. The molecule has 25 heavy (non-hydrogen) atoms. The van der Waals surface area contributed by atoms with Gasteiger partial charge in [-0.2, -0.15) is 0 Å². The maximum atomic E-state index is 12.4. The molecule has 1 aromatic heterocycles. The lowest BCUT2D eigenvalue weighted by atomic mass is 9.87. The molecule has 0 atom stereocenters. The summed E-state index contributed by atoms with van der Waals surface area (Å²) < 4.78 is 7.43. The predicted molar refractivity (Wildman–Crippen MR) is 101 cm³/mol.